The molecule has 0 radical (unpaired) electrons. The maximum Gasteiger partial charge on any atom is 0.358 e. The van der Waals surface area contributed by atoms with Crippen LogP contribution in [-0.4, -0.2) is 49.9 Å². The van der Waals surface area contributed by atoms with Gasteiger partial charge in [0.05, 0.1) is 28.9 Å². The molecule has 34 heavy (non-hydrogen) atoms. The minimum atomic E-state index is -1.16. The second kappa shape index (κ2) is 11.2. The fourth-order valence-corrected chi connectivity index (χ4v) is 3.70. The maximum atomic E-state index is 12.9. The monoisotopic (exact) mass is 465 g/mol. The molecule has 0 spiro atoms. The Morgan fingerprint density at radius 2 is 1.71 bits per heavy atom. The summed E-state index contributed by atoms with van der Waals surface area (Å²) >= 11 is 0. The van der Waals surface area contributed by atoms with Crippen molar-refractivity contribution in [3.05, 3.63) is 72.1 Å². The maximum absolute atomic E-state index is 12.9. The van der Waals surface area contributed by atoms with Crippen LogP contribution in [-0.2, 0) is 16.0 Å². The third kappa shape index (κ3) is 7.33. The number of aromatic nitrogens is 2. The first-order valence-corrected chi connectivity index (χ1v) is 11.3. The largest absolute Gasteiger partial charge is 0.454 e. The summed E-state index contributed by atoms with van der Waals surface area (Å²) in [6.45, 7) is 3.29. The van der Waals surface area contributed by atoms with Crippen LogP contribution in [0.1, 0.15) is 49.2 Å². The molecule has 8 nitrogen and oxygen atoms in total. The molecule has 1 aromatic heterocycles. The number of para-hydroxylation sites is 2. The van der Waals surface area contributed by atoms with E-state index in [1.807, 2.05) is 36.4 Å². The number of carbonyl (C=O) groups is 2. The van der Waals surface area contributed by atoms with Crippen LogP contribution in [0.2, 0.25) is 0 Å². The highest BCUT2D eigenvalue weighted by Crippen LogP contribution is 2.23. The first kappa shape index (κ1) is 25.3. The number of fused-ring (bicyclic) bond motifs is 1. The summed E-state index contributed by atoms with van der Waals surface area (Å²) in [5.41, 5.74) is 6.67. The molecule has 180 valence electrons. The second-order valence-electron chi connectivity index (χ2n) is 9.13. The number of benzene rings is 2. The van der Waals surface area contributed by atoms with Crippen LogP contribution in [0.5, 0.6) is 0 Å². The molecule has 1 amide bonds. The highest BCUT2D eigenvalue weighted by molar-refractivity contribution is 5.89. The van der Waals surface area contributed by atoms with Gasteiger partial charge in [-0.3, -0.25) is 9.78 Å². The smallest absolute Gasteiger partial charge is 0.358 e. The number of hydrogen-bond acceptors (Lipinski definition) is 7. The highest BCUT2D eigenvalue weighted by Gasteiger charge is 2.30. The average molecular weight is 466 g/mol. The number of carbonyl (C=O) groups excluding carboxylic acids is 2. The van der Waals surface area contributed by atoms with Gasteiger partial charge in [-0.15, -0.1) is 0 Å². The quantitative estimate of drug-likeness (QED) is 0.371. The Morgan fingerprint density at radius 3 is 2.35 bits per heavy atom. The molecule has 0 saturated heterocycles. The number of nitrogens with zero attached hydrogens (tertiary/aromatic N) is 2. The van der Waals surface area contributed by atoms with Gasteiger partial charge in [-0.2, -0.15) is 0 Å². The number of ether oxygens (including phenoxy) is 1. The van der Waals surface area contributed by atoms with Crippen LogP contribution in [0.3, 0.4) is 0 Å². The van der Waals surface area contributed by atoms with Gasteiger partial charge in [0.2, 0.25) is 5.91 Å². The molecule has 2 aromatic carbocycles. The van der Waals surface area contributed by atoms with E-state index in [2.05, 4.69) is 9.97 Å². The molecule has 0 fully saturated rings. The third-order valence-corrected chi connectivity index (χ3v) is 5.66. The zero-order valence-electron chi connectivity index (χ0n) is 19.4. The Labute approximate surface area is 198 Å². The number of esters is 1. The van der Waals surface area contributed by atoms with Crippen LogP contribution >= 0.6 is 0 Å². The van der Waals surface area contributed by atoms with Crippen molar-refractivity contribution in [1.29, 1.82) is 0 Å². The van der Waals surface area contributed by atoms with E-state index in [9.17, 15) is 19.8 Å². The lowest BCUT2D eigenvalue weighted by Gasteiger charge is -2.27. The SMILES string of the molecule is CC(C)(O)CC[C@H](C[C@H](O)[C@H](Cc1ccccc1)OC(=O)c1cnc2ccccc2n1)C(N)=O. The van der Waals surface area contributed by atoms with Gasteiger partial charge in [-0.1, -0.05) is 42.5 Å². The molecular formula is C26H31N3O5. The summed E-state index contributed by atoms with van der Waals surface area (Å²) in [4.78, 5) is 33.5. The zero-order valence-corrected chi connectivity index (χ0v) is 19.4. The number of rotatable bonds is 11. The minimum Gasteiger partial charge on any atom is -0.454 e. The van der Waals surface area contributed by atoms with Gasteiger partial charge >= 0.3 is 5.97 Å². The molecule has 0 bridgehead atoms. The number of aliphatic hydroxyl groups excluding tert-OH is 1. The van der Waals surface area contributed by atoms with Crippen LogP contribution in [0.15, 0.2) is 60.8 Å². The van der Waals surface area contributed by atoms with Crippen LogP contribution in [0, 0.1) is 5.92 Å². The minimum absolute atomic E-state index is 0.000404. The molecule has 3 rings (SSSR count). The molecule has 0 aliphatic carbocycles. The molecule has 8 heteroatoms. The van der Waals surface area contributed by atoms with E-state index < -0.39 is 35.6 Å². The molecule has 0 saturated carbocycles. The third-order valence-electron chi connectivity index (χ3n) is 5.66. The van der Waals surface area contributed by atoms with Crippen LogP contribution in [0.25, 0.3) is 11.0 Å². The Bertz CT molecular complexity index is 1110. The van der Waals surface area contributed by atoms with Gasteiger partial charge in [-0.05, 0) is 50.8 Å². The molecule has 3 atom stereocenters. The van der Waals surface area contributed by atoms with Crippen LogP contribution < -0.4 is 5.73 Å². The highest BCUT2D eigenvalue weighted by atomic mass is 16.6. The first-order valence-electron chi connectivity index (χ1n) is 11.3. The second-order valence-corrected chi connectivity index (χ2v) is 9.13. The fraction of sp³-hybridized carbons (Fsp3) is 0.385. The lowest BCUT2D eigenvalue weighted by molar-refractivity contribution is -0.124. The molecule has 0 aliphatic rings. The predicted molar refractivity (Wildman–Crippen MR) is 128 cm³/mol. The number of primary amides is 1. The first-order chi connectivity index (χ1) is 16.1. The van der Waals surface area contributed by atoms with E-state index >= 15 is 0 Å². The molecule has 0 unspecified atom stereocenters. The lowest BCUT2D eigenvalue weighted by atomic mass is 9.88. The van der Waals surface area contributed by atoms with Crippen molar-refractivity contribution in [2.75, 3.05) is 0 Å². The Hall–Kier alpha value is -3.36. The topological polar surface area (TPSA) is 136 Å². The van der Waals surface area contributed by atoms with Crippen molar-refractivity contribution in [3.63, 3.8) is 0 Å². The van der Waals surface area contributed by atoms with Gasteiger partial charge in [0, 0.05) is 12.3 Å². The summed E-state index contributed by atoms with van der Waals surface area (Å²) in [6.07, 6.45) is 0.127. The predicted octanol–water partition coefficient (Wildman–Crippen LogP) is 2.80. The van der Waals surface area contributed by atoms with Crippen molar-refractivity contribution in [2.24, 2.45) is 11.7 Å². The Kier molecular flexibility index (Phi) is 8.31. The van der Waals surface area contributed by atoms with Crippen molar-refractivity contribution in [2.45, 2.75) is 57.3 Å². The van der Waals surface area contributed by atoms with Gasteiger partial charge in [0.15, 0.2) is 5.69 Å². The molecule has 0 aliphatic heterocycles. The van der Waals surface area contributed by atoms with E-state index in [1.165, 1.54) is 6.20 Å². The summed E-state index contributed by atoms with van der Waals surface area (Å²) in [5.74, 6) is -1.97. The number of amides is 1. The molecule has 1 heterocycles. The normalized spacial score (nSPS) is 14.4. The van der Waals surface area contributed by atoms with E-state index in [0.29, 0.717) is 23.9 Å². The summed E-state index contributed by atoms with van der Waals surface area (Å²) < 4.78 is 5.68. The van der Waals surface area contributed by atoms with E-state index in [0.717, 1.165) is 5.56 Å². The van der Waals surface area contributed by atoms with E-state index in [-0.39, 0.29) is 18.5 Å². The fourth-order valence-electron chi connectivity index (χ4n) is 3.70. The standard InChI is InChI=1S/C26H31N3O5/c1-26(2,33)13-12-18(24(27)31)15-22(30)23(14-17-8-4-3-5-9-17)34-25(32)21-16-28-19-10-6-7-11-20(19)29-21/h3-11,16,18,22-23,30,33H,12-15H2,1-2H3,(H2,27,31)/t18-,22+,23+/m1/s1. The Balaban J connectivity index is 1.78. The Morgan fingerprint density at radius 1 is 1.06 bits per heavy atom. The molecule has 3 aromatic rings. The number of nitrogens with two attached hydrogens (primary N) is 1. The summed E-state index contributed by atoms with van der Waals surface area (Å²) in [7, 11) is 0. The summed E-state index contributed by atoms with van der Waals surface area (Å²) in [5, 5.41) is 21.0. The molecule has 4 N–H and O–H groups in total. The van der Waals surface area contributed by atoms with Crippen LogP contribution in [0.4, 0.5) is 0 Å². The van der Waals surface area contributed by atoms with Gasteiger partial charge in [0.25, 0.3) is 0 Å². The zero-order chi connectivity index (χ0) is 24.7. The molecular weight excluding hydrogens is 434 g/mol. The summed E-state index contributed by atoms with van der Waals surface area (Å²) in [6, 6.07) is 16.5. The van der Waals surface area contributed by atoms with Gasteiger partial charge in [-0.25, -0.2) is 9.78 Å². The lowest BCUT2D eigenvalue weighted by Crippen LogP contribution is -2.38. The van der Waals surface area contributed by atoms with E-state index in [4.69, 9.17) is 10.5 Å². The number of aliphatic hydroxyl groups is 2. The van der Waals surface area contributed by atoms with E-state index in [1.54, 1.807) is 32.0 Å². The van der Waals surface area contributed by atoms with Crippen molar-refractivity contribution >= 4 is 22.9 Å². The van der Waals surface area contributed by atoms with Crippen molar-refractivity contribution in [3.8, 4) is 0 Å². The van der Waals surface area contributed by atoms with Gasteiger partial charge in [0.1, 0.15) is 6.10 Å². The van der Waals surface area contributed by atoms with Crippen molar-refractivity contribution in [1.82, 2.24) is 9.97 Å². The van der Waals surface area contributed by atoms with Crippen molar-refractivity contribution < 1.29 is 24.5 Å². The van der Waals surface area contributed by atoms with Gasteiger partial charge < -0.3 is 20.7 Å². The number of hydrogen-bond donors (Lipinski definition) is 3. The average Bonchev–Trinajstić information content (AvgIpc) is 2.80.